The Kier molecular flexibility index (Phi) is 5.07. The number of ether oxygens (including phenoxy) is 1. The van der Waals surface area contributed by atoms with Crippen LogP contribution in [0.2, 0.25) is 0 Å². The van der Waals surface area contributed by atoms with Gasteiger partial charge in [-0.2, -0.15) is 10.2 Å². The minimum Gasteiger partial charge on any atom is -0.497 e. The van der Waals surface area contributed by atoms with E-state index in [1.807, 2.05) is 55.5 Å². The maximum Gasteiger partial charge on any atom is 0.289 e. The number of aromatic amines is 1. The van der Waals surface area contributed by atoms with E-state index in [4.69, 9.17) is 4.74 Å². The fourth-order valence-corrected chi connectivity index (χ4v) is 3.03. The summed E-state index contributed by atoms with van der Waals surface area (Å²) in [4.78, 5) is 12.4. The second kappa shape index (κ2) is 7.98. The number of carbonyl (C=O) groups excluding carboxylic acids is 1. The van der Waals surface area contributed by atoms with Crippen LogP contribution < -0.4 is 10.2 Å². The van der Waals surface area contributed by atoms with Crippen molar-refractivity contribution in [2.75, 3.05) is 7.11 Å². The fraction of sp³-hybridized carbons (Fsp3) is 0.0870. The maximum absolute atomic E-state index is 12.4. The lowest BCUT2D eigenvalue weighted by Gasteiger charge is -2.03. The molecule has 0 bridgehead atoms. The van der Waals surface area contributed by atoms with Gasteiger partial charge >= 0.3 is 0 Å². The summed E-state index contributed by atoms with van der Waals surface area (Å²) in [6.07, 6.45) is 0. The molecule has 1 heterocycles. The molecule has 2 N–H and O–H groups in total. The van der Waals surface area contributed by atoms with Crippen LogP contribution in [-0.4, -0.2) is 28.9 Å². The van der Waals surface area contributed by atoms with Gasteiger partial charge in [0, 0.05) is 5.56 Å². The van der Waals surface area contributed by atoms with E-state index in [2.05, 4.69) is 38.9 Å². The molecule has 4 rings (SSSR count). The number of rotatable bonds is 5. The predicted octanol–water partition coefficient (Wildman–Crippen LogP) is 4.39. The molecule has 3 aromatic carbocycles. The lowest BCUT2D eigenvalue weighted by atomic mass is 10.1. The number of nitrogens with zero attached hydrogens (tertiary/aromatic N) is 2. The van der Waals surface area contributed by atoms with Gasteiger partial charge in [-0.3, -0.25) is 9.89 Å². The van der Waals surface area contributed by atoms with E-state index < -0.39 is 0 Å². The average molecular weight is 384 g/mol. The molecule has 0 fully saturated rings. The van der Waals surface area contributed by atoms with Crippen LogP contribution >= 0.6 is 0 Å². The number of carbonyl (C=O) groups is 1. The van der Waals surface area contributed by atoms with Gasteiger partial charge in [-0.05, 0) is 59.7 Å². The van der Waals surface area contributed by atoms with Gasteiger partial charge in [0.15, 0.2) is 0 Å². The zero-order valence-corrected chi connectivity index (χ0v) is 16.1. The number of fused-ring (bicyclic) bond motifs is 1. The first-order valence-electron chi connectivity index (χ1n) is 9.18. The summed E-state index contributed by atoms with van der Waals surface area (Å²) in [5.41, 5.74) is 6.15. The van der Waals surface area contributed by atoms with Crippen molar-refractivity contribution in [2.24, 2.45) is 5.10 Å². The zero-order valence-electron chi connectivity index (χ0n) is 16.1. The number of benzene rings is 3. The summed E-state index contributed by atoms with van der Waals surface area (Å²) < 4.78 is 5.15. The fourth-order valence-electron chi connectivity index (χ4n) is 3.03. The van der Waals surface area contributed by atoms with Crippen LogP contribution in [0.4, 0.5) is 0 Å². The molecule has 0 atom stereocenters. The van der Waals surface area contributed by atoms with Crippen LogP contribution in [0.5, 0.6) is 5.75 Å². The van der Waals surface area contributed by atoms with Gasteiger partial charge in [0.25, 0.3) is 5.91 Å². The minimum absolute atomic E-state index is 0.347. The summed E-state index contributed by atoms with van der Waals surface area (Å²) in [6.45, 7) is 1.83. The molecule has 0 saturated carbocycles. The highest BCUT2D eigenvalue weighted by Gasteiger charge is 2.11. The topological polar surface area (TPSA) is 79.4 Å². The van der Waals surface area contributed by atoms with Crippen molar-refractivity contribution >= 4 is 22.4 Å². The Labute approximate surface area is 168 Å². The van der Waals surface area contributed by atoms with E-state index in [1.54, 1.807) is 13.2 Å². The number of hydrogen-bond donors (Lipinski definition) is 2. The summed E-state index contributed by atoms with van der Waals surface area (Å²) >= 11 is 0. The smallest absolute Gasteiger partial charge is 0.289 e. The third-order valence-electron chi connectivity index (χ3n) is 4.70. The molecule has 0 aliphatic rings. The van der Waals surface area contributed by atoms with Crippen molar-refractivity contribution in [3.63, 3.8) is 0 Å². The Morgan fingerprint density at radius 2 is 1.76 bits per heavy atom. The van der Waals surface area contributed by atoms with Gasteiger partial charge in [-0.1, -0.05) is 36.4 Å². The van der Waals surface area contributed by atoms with Crippen LogP contribution in [0.1, 0.15) is 23.0 Å². The molecule has 0 radical (unpaired) electrons. The zero-order chi connectivity index (χ0) is 20.2. The predicted molar refractivity (Wildman–Crippen MR) is 114 cm³/mol. The molecule has 1 amide bonds. The highest BCUT2D eigenvalue weighted by Crippen LogP contribution is 2.23. The second-order valence-corrected chi connectivity index (χ2v) is 6.60. The third-order valence-corrected chi connectivity index (χ3v) is 4.70. The summed E-state index contributed by atoms with van der Waals surface area (Å²) in [5, 5.41) is 13.5. The third kappa shape index (κ3) is 4.01. The van der Waals surface area contributed by atoms with E-state index in [0.717, 1.165) is 27.6 Å². The van der Waals surface area contributed by atoms with E-state index in [9.17, 15) is 4.79 Å². The number of nitrogens with one attached hydrogen (secondary N) is 2. The van der Waals surface area contributed by atoms with Crippen molar-refractivity contribution in [3.8, 4) is 17.0 Å². The molecule has 4 aromatic rings. The van der Waals surface area contributed by atoms with Gasteiger partial charge in [0.1, 0.15) is 11.4 Å². The minimum atomic E-state index is -0.350. The molecular weight excluding hydrogens is 364 g/mol. The molecule has 144 valence electrons. The Bertz CT molecular complexity index is 1190. The lowest BCUT2D eigenvalue weighted by Crippen LogP contribution is -2.19. The highest BCUT2D eigenvalue weighted by atomic mass is 16.5. The molecule has 0 saturated heterocycles. The molecule has 0 unspecified atom stereocenters. The molecule has 0 aliphatic heterocycles. The first-order chi connectivity index (χ1) is 14.1. The van der Waals surface area contributed by atoms with Gasteiger partial charge in [-0.25, -0.2) is 5.43 Å². The van der Waals surface area contributed by atoms with Crippen LogP contribution in [0.3, 0.4) is 0 Å². The molecule has 0 spiro atoms. The van der Waals surface area contributed by atoms with Gasteiger partial charge < -0.3 is 4.74 Å². The van der Waals surface area contributed by atoms with E-state index in [-0.39, 0.29) is 5.91 Å². The number of H-pyrrole nitrogens is 1. The highest BCUT2D eigenvalue weighted by molar-refractivity contribution is 6.00. The van der Waals surface area contributed by atoms with Crippen LogP contribution in [0, 0.1) is 0 Å². The largest absolute Gasteiger partial charge is 0.497 e. The standard InChI is InChI=1S/C23H20N4O2/c1-15(16-9-11-20(29-2)12-10-16)24-27-23(28)22-14-21(25-26-22)19-8-7-17-5-3-4-6-18(17)13-19/h3-14H,1-2H3,(H,25,26)(H,27,28). The van der Waals surface area contributed by atoms with Crippen molar-refractivity contribution < 1.29 is 9.53 Å². The summed E-state index contributed by atoms with van der Waals surface area (Å²) in [7, 11) is 1.62. The first kappa shape index (κ1) is 18.4. The van der Waals surface area contributed by atoms with Gasteiger partial charge in [0.05, 0.1) is 18.5 Å². The second-order valence-electron chi connectivity index (χ2n) is 6.60. The van der Waals surface area contributed by atoms with E-state index in [1.165, 1.54) is 0 Å². The average Bonchev–Trinajstić information content (AvgIpc) is 3.27. The van der Waals surface area contributed by atoms with Crippen molar-refractivity contribution in [3.05, 3.63) is 84.1 Å². The number of hydrogen-bond acceptors (Lipinski definition) is 4. The number of methoxy groups -OCH3 is 1. The van der Waals surface area contributed by atoms with E-state index in [0.29, 0.717) is 17.1 Å². The molecule has 6 heteroatoms. The summed E-state index contributed by atoms with van der Waals surface area (Å²) in [6, 6.07) is 23.4. The normalized spacial score (nSPS) is 11.4. The Morgan fingerprint density at radius 1 is 1.00 bits per heavy atom. The maximum atomic E-state index is 12.4. The number of aromatic nitrogens is 2. The summed E-state index contributed by atoms with van der Waals surface area (Å²) in [5.74, 6) is 0.418. The monoisotopic (exact) mass is 384 g/mol. The lowest BCUT2D eigenvalue weighted by molar-refractivity contribution is 0.0950. The van der Waals surface area contributed by atoms with Crippen LogP contribution in [0.25, 0.3) is 22.0 Å². The molecular formula is C23H20N4O2. The SMILES string of the molecule is COc1ccc(C(C)=NNC(=O)c2cc(-c3ccc4ccccc4c3)n[nH]2)cc1. The van der Waals surface area contributed by atoms with E-state index >= 15 is 0 Å². The van der Waals surface area contributed by atoms with Gasteiger partial charge in [0.2, 0.25) is 0 Å². The van der Waals surface area contributed by atoms with Crippen LogP contribution in [-0.2, 0) is 0 Å². The first-order valence-corrected chi connectivity index (χ1v) is 9.18. The Morgan fingerprint density at radius 3 is 2.52 bits per heavy atom. The number of amides is 1. The molecule has 6 nitrogen and oxygen atoms in total. The van der Waals surface area contributed by atoms with Gasteiger partial charge in [-0.15, -0.1) is 0 Å². The molecule has 0 aliphatic carbocycles. The van der Waals surface area contributed by atoms with Crippen molar-refractivity contribution in [1.82, 2.24) is 15.6 Å². The Hall–Kier alpha value is -3.93. The quantitative estimate of drug-likeness (QED) is 0.396. The molecule has 29 heavy (non-hydrogen) atoms. The Balaban J connectivity index is 1.48. The number of hydrazone groups is 1. The van der Waals surface area contributed by atoms with Crippen molar-refractivity contribution in [2.45, 2.75) is 6.92 Å². The molecule has 1 aromatic heterocycles. The van der Waals surface area contributed by atoms with Crippen LogP contribution in [0.15, 0.2) is 77.9 Å². The van der Waals surface area contributed by atoms with Crippen molar-refractivity contribution in [1.29, 1.82) is 0 Å².